The lowest BCUT2D eigenvalue weighted by molar-refractivity contribution is -0.157. The Morgan fingerprint density at radius 2 is 2.40 bits per heavy atom. The van der Waals surface area contributed by atoms with Crippen LogP contribution in [0.1, 0.15) is 26.7 Å². The molecule has 4 heteroatoms. The van der Waals surface area contributed by atoms with Crippen molar-refractivity contribution in [2.24, 2.45) is 5.92 Å². The van der Waals surface area contributed by atoms with E-state index in [1.807, 2.05) is 0 Å². The molecule has 1 rings (SSSR count). The number of carbonyl (C=O) groups excluding carboxylic acids is 2. The molecule has 1 saturated heterocycles. The van der Waals surface area contributed by atoms with Crippen molar-refractivity contribution in [2.45, 2.75) is 32.8 Å². The van der Waals surface area contributed by atoms with Gasteiger partial charge in [0.1, 0.15) is 0 Å². The lowest BCUT2D eigenvalue weighted by Gasteiger charge is -2.30. The summed E-state index contributed by atoms with van der Waals surface area (Å²) in [7, 11) is 0. The summed E-state index contributed by atoms with van der Waals surface area (Å²) in [6, 6.07) is 0. The van der Waals surface area contributed by atoms with Gasteiger partial charge in [0.05, 0.1) is 5.92 Å². The minimum absolute atomic E-state index is 0.0545. The molecule has 0 bridgehead atoms. The predicted molar refractivity (Wildman–Crippen MR) is 56.5 cm³/mol. The highest BCUT2D eigenvalue weighted by atomic mass is 16.5. The highest BCUT2D eigenvalue weighted by Crippen LogP contribution is 2.17. The normalized spacial score (nSPS) is 24.5. The minimum Gasteiger partial charge on any atom is -0.455 e. The Labute approximate surface area is 90.6 Å². The molecule has 0 saturated carbocycles. The molecule has 1 fully saturated rings. The number of aldehydes is 1. The second kappa shape index (κ2) is 5.85. The smallest absolute Gasteiger partial charge is 0.310 e. The molecule has 86 valence electrons. The molecule has 1 aliphatic rings. The van der Waals surface area contributed by atoms with E-state index in [4.69, 9.17) is 4.74 Å². The zero-order valence-corrected chi connectivity index (χ0v) is 9.44. The number of esters is 1. The third-order valence-corrected chi connectivity index (χ3v) is 2.78. The molecule has 1 aliphatic heterocycles. The molecule has 0 spiro atoms. The molecule has 0 N–H and O–H groups in total. The summed E-state index contributed by atoms with van der Waals surface area (Å²) in [6.45, 7) is 6.46. The van der Waals surface area contributed by atoms with Gasteiger partial charge < -0.3 is 9.64 Å². The first-order chi connectivity index (χ1) is 7.17. The van der Waals surface area contributed by atoms with E-state index in [0.29, 0.717) is 6.29 Å². The van der Waals surface area contributed by atoms with Crippen LogP contribution in [0.3, 0.4) is 0 Å². The third-order valence-electron chi connectivity index (χ3n) is 2.78. The van der Waals surface area contributed by atoms with Gasteiger partial charge in [0, 0.05) is 6.54 Å². The number of hydrogen-bond donors (Lipinski definition) is 0. The van der Waals surface area contributed by atoms with Gasteiger partial charge in [-0.3, -0.25) is 9.59 Å². The largest absolute Gasteiger partial charge is 0.455 e. The average molecular weight is 213 g/mol. The molecule has 1 heterocycles. The summed E-state index contributed by atoms with van der Waals surface area (Å²) in [5, 5.41) is 0. The van der Waals surface area contributed by atoms with Gasteiger partial charge in [-0.1, -0.05) is 6.92 Å². The zero-order valence-electron chi connectivity index (χ0n) is 9.44. The summed E-state index contributed by atoms with van der Waals surface area (Å²) in [4.78, 5) is 24.2. The maximum absolute atomic E-state index is 11.6. The molecular weight excluding hydrogens is 194 g/mol. The highest BCUT2D eigenvalue weighted by Gasteiger charge is 2.27. The van der Waals surface area contributed by atoms with Crippen LogP contribution in [-0.4, -0.2) is 42.9 Å². The van der Waals surface area contributed by atoms with Gasteiger partial charge in [-0.15, -0.1) is 0 Å². The number of ether oxygens (including phenoxy) is 1. The minimum atomic E-state index is -0.616. The Kier molecular flexibility index (Phi) is 4.75. The summed E-state index contributed by atoms with van der Waals surface area (Å²) in [5.74, 6) is -0.283. The van der Waals surface area contributed by atoms with Crippen molar-refractivity contribution < 1.29 is 14.3 Å². The van der Waals surface area contributed by atoms with Crippen molar-refractivity contribution >= 4 is 12.3 Å². The highest BCUT2D eigenvalue weighted by molar-refractivity contribution is 5.75. The SMILES string of the molecule is CCN1CCCC(C(=O)O[C@@H](C)C=O)C1. The second-order valence-corrected chi connectivity index (χ2v) is 4.01. The average Bonchev–Trinajstić information content (AvgIpc) is 2.28. The molecule has 4 nitrogen and oxygen atoms in total. The molecule has 1 unspecified atom stereocenters. The van der Waals surface area contributed by atoms with E-state index >= 15 is 0 Å². The molecule has 0 aromatic rings. The van der Waals surface area contributed by atoms with Crippen LogP contribution in [0.5, 0.6) is 0 Å². The van der Waals surface area contributed by atoms with Gasteiger partial charge in [0.15, 0.2) is 12.4 Å². The molecule has 0 radical (unpaired) electrons. The zero-order chi connectivity index (χ0) is 11.3. The second-order valence-electron chi connectivity index (χ2n) is 4.01. The Morgan fingerprint density at radius 1 is 1.67 bits per heavy atom. The topological polar surface area (TPSA) is 46.6 Å². The first kappa shape index (κ1) is 12.2. The van der Waals surface area contributed by atoms with Crippen molar-refractivity contribution in [3.05, 3.63) is 0 Å². The van der Waals surface area contributed by atoms with Crippen molar-refractivity contribution in [1.82, 2.24) is 4.90 Å². The third kappa shape index (κ3) is 3.63. The van der Waals surface area contributed by atoms with Crippen LogP contribution in [0, 0.1) is 5.92 Å². The predicted octanol–water partition coefficient (Wildman–Crippen LogP) is 0.849. The van der Waals surface area contributed by atoms with Crippen molar-refractivity contribution in [2.75, 3.05) is 19.6 Å². The summed E-state index contributed by atoms with van der Waals surface area (Å²) < 4.78 is 5.00. The van der Waals surface area contributed by atoms with E-state index in [1.165, 1.54) is 0 Å². The van der Waals surface area contributed by atoms with Gasteiger partial charge in [0.2, 0.25) is 0 Å². The number of hydrogen-bond acceptors (Lipinski definition) is 4. The van der Waals surface area contributed by atoms with Crippen LogP contribution in [-0.2, 0) is 14.3 Å². The number of nitrogens with zero attached hydrogens (tertiary/aromatic N) is 1. The summed E-state index contributed by atoms with van der Waals surface area (Å²) in [5.41, 5.74) is 0. The lowest BCUT2D eigenvalue weighted by atomic mass is 9.98. The first-order valence-electron chi connectivity index (χ1n) is 5.55. The maximum Gasteiger partial charge on any atom is 0.310 e. The fraction of sp³-hybridized carbons (Fsp3) is 0.818. The van der Waals surface area contributed by atoms with E-state index in [2.05, 4.69) is 11.8 Å². The van der Waals surface area contributed by atoms with E-state index in [0.717, 1.165) is 32.5 Å². The first-order valence-corrected chi connectivity index (χ1v) is 5.55. The van der Waals surface area contributed by atoms with Crippen LogP contribution < -0.4 is 0 Å². The molecule has 15 heavy (non-hydrogen) atoms. The van der Waals surface area contributed by atoms with E-state index in [1.54, 1.807) is 6.92 Å². The standard InChI is InChI=1S/C11H19NO3/c1-3-12-6-4-5-10(7-12)11(14)15-9(2)8-13/h8-10H,3-7H2,1-2H3/t9-,10?/m0/s1. The molecule has 0 aromatic heterocycles. The van der Waals surface area contributed by atoms with Crippen molar-refractivity contribution in [1.29, 1.82) is 0 Å². The Bertz CT molecular complexity index is 230. The van der Waals surface area contributed by atoms with Gasteiger partial charge in [-0.05, 0) is 32.9 Å². The number of carbonyl (C=O) groups is 2. The summed E-state index contributed by atoms with van der Waals surface area (Å²) >= 11 is 0. The molecule has 0 aliphatic carbocycles. The quantitative estimate of drug-likeness (QED) is 0.513. The van der Waals surface area contributed by atoms with Crippen LogP contribution in [0.25, 0.3) is 0 Å². The van der Waals surface area contributed by atoms with Crippen LogP contribution in [0.15, 0.2) is 0 Å². The van der Waals surface area contributed by atoms with E-state index < -0.39 is 6.10 Å². The molecule has 2 atom stereocenters. The van der Waals surface area contributed by atoms with Gasteiger partial charge in [0.25, 0.3) is 0 Å². The Balaban J connectivity index is 2.41. The van der Waals surface area contributed by atoms with Crippen molar-refractivity contribution in [3.8, 4) is 0 Å². The summed E-state index contributed by atoms with van der Waals surface area (Å²) in [6.07, 6.45) is 1.94. The van der Waals surface area contributed by atoms with Crippen LogP contribution in [0.2, 0.25) is 0 Å². The number of rotatable bonds is 4. The van der Waals surface area contributed by atoms with Crippen LogP contribution >= 0.6 is 0 Å². The van der Waals surface area contributed by atoms with Crippen molar-refractivity contribution in [3.63, 3.8) is 0 Å². The molecule has 0 aromatic carbocycles. The van der Waals surface area contributed by atoms with Gasteiger partial charge >= 0.3 is 5.97 Å². The monoisotopic (exact) mass is 213 g/mol. The fourth-order valence-corrected chi connectivity index (χ4v) is 1.84. The van der Waals surface area contributed by atoms with Gasteiger partial charge in [-0.2, -0.15) is 0 Å². The van der Waals surface area contributed by atoms with Crippen LogP contribution in [0.4, 0.5) is 0 Å². The number of piperidine rings is 1. The van der Waals surface area contributed by atoms with Gasteiger partial charge in [-0.25, -0.2) is 0 Å². The van der Waals surface area contributed by atoms with E-state index in [-0.39, 0.29) is 11.9 Å². The lowest BCUT2D eigenvalue weighted by Crippen LogP contribution is -2.39. The maximum atomic E-state index is 11.6. The molecular formula is C11H19NO3. The molecule has 0 amide bonds. The fourth-order valence-electron chi connectivity index (χ4n) is 1.84. The number of likely N-dealkylation sites (tertiary alicyclic amines) is 1. The Morgan fingerprint density at radius 3 is 3.00 bits per heavy atom. The van der Waals surface area contributed by atoms with E-state index in [9.17, 15) is 9.59 Å². The Hall–Kier alpha value is -0.900.